The van der Waals surface area contributed by atoms with Gasteiger partial charge in [0.15, 0.2) is 11.0 Å². The van der Waals surface area contributed by atoms with E-state index in [2.05, 4.69) is 15.5 Å². The molecule has 1 amide bonds. The van der Waals surface area contributed by atoms with Crippen molar-refractivity contribution in [2.45, 2.75) is 24.3 Å². The molecule has 0 saturated carbocycles. The minimum absolute atomic E-state index is 0.141. The molecule has 142 valence electrons. The van der Waals surface area contributed by atoms with Gasteiger partial charge in [-0.3, -0.25) is 14.2 Å². The van der Waals surface area contributed by atoms with Crippen LogP contribution in [0.1, 0.15) is 12.7 Å². The van der Waals surface area contributed by atoms with Crippen LogP contribution in [0.5, 0.6) is 0 Å². The van der Waals surface area contributed by atoms with Gasteiger partial charge in [0.25, 0.3) is 5.56 Å². The molecule has 28 heavy (non-hydrogen) atoms. The van der Waals surface area contributed by atoms with Crippen molar-refractivity contribution in [3.8, 4) is 0 Å². The molecule has 0 saturated heterocycles. The molecule has 0 radical (unpaired) electrons. The molecule has 0 bridgehead atoms. The summed E-state index contributed by atoms with van der Waals surface area (Å²) in [7, 11) is 1.66. The van der Waals surface area contributed by atoms with E-state index >= 15 is 0 Å². The first-order valence-corrected chi connectivity index (χ1v) is 9.61. The molecule has 0 fully saturated rings. The van der Waals surface area contributed by atoms with Crippen LogP contribution in [-0.2, 0) is 11.8 Å². The number of amides is 1. The summed E-state index contributed by atoms with van der Waals surface area (Å²) in [5.41, 5.74) is 0.474. The molecule has 2 aromatic heterocycles. The third-order valence-corrected chi connectivity index (χ3v) is 5.58. The quantitative estimate of drug-likeness (QED) is 0.324. The Bertz CT molecular complexity index is 1260. The Labute approximate surface area is 164 Å². The fourth-order valence-electron chi connectivity index (χ4n) is 2.91. The number of anilines is 1. The lowest BCUT2D eigenvalue weighted by molar-refractivity contribution is -0.115. The minimum atomic E-state index is -0.479. The molecule has 7 nitrogen and oxygen atoms in total. The maximum absolute atomic E-state index is 12.8. The van der Waals surface area contributed by atoms with Crippen molar-refractivity contribution in [2.24, 2.45) is 7.05 Å². The zero-order valence-electron chi connectivity index (χ0n) is 15.6. The third-order valence-electron chi connectivity index (χ3n) is 4.43. The van der Waals surface area contributed by atoms with Crippen LogP contribution in [0, 0.1) is 6.92 Å². The van der Waals surface area contributed by atoms with Crippen LogP contribution in [0.4, 0.5) is 5.82 Å². The number of aryl methyl sites for hydroxylation is 1. The van der Waals surface area contributed by atoms with Crippen LogP contribution in [0.2, 0.25) is 0 Å². The van der Waals surface area contributed by atoms with Crippen LogP contribution in [-0.4, -0.2) is 25.9 Å². The number of aromatic nitrogens is 3. The summed E-state index contributed by atoms with van der Waals surface area (Å²) < 4.78 is 6.43. The Morgan fingerprint density at radius 3 is 2.61 bits per heavy atom. The second-order valence-corrected chi connectivity index (χ2v) is 7.86. The van der Waals surface area contributed by atoms with Crippen LogP contribution in [0.15, 0.2) is 56.9 Å². The van der Waals surface area contributed by atoms with Gasteiger partial charge in [0, 0.05) is 13.1 Å². The lowest BCUT2D eigenvalue weighted by Crippen LogP contribution is -2.25. The van der Waals surface area contributed by atoms with Gasteiger partial charge in [0.2, 0.25) is 5.91 Å². The van der Waals surface area contributed by atoms with Crippen LogP contribution < -0.4 is 10.9 Å². The number of carbonyl (C=O) groups is 1. The molecule has 2 heterocycles. The Morgan fingerprint density at radius 2 is 1.93 bits per heavy atom. The first-order valence-electron chi connectivity index (χ1n) is 8.73. The highest BCUT2D eigenvalue weighted by molar-refractivity contribution is 8.00. The minimum Gasteiger partial charge on any atom is -0.360 e. The van der Waals surface area contributed by atoms with E-state index < -0.39 is 5.25 Å². The SMILES string of the molecule is Cc1cc(NC(=O)[C@@H](C)Sc2nc3cc4ccccc4cc3c(=O)n2C)no1. The van der Waals surface area contributed by atoms with Crippen molar-refractivity contribution in [3.05, 3.63) is 58.6 Å². The average Bonchev–Trinajstić information content (AvgIpc) is 3.09. The predicted molar refractivity (Wildman–Crippen MR) is 110 cm³/mol. The van der Waals surface area contributed by atoms with Gasteiger partial charge in [-0.2, -0.15) is 0 Å². The van der Waals surface area contributed by atoms with Crippen molar-refractivity contribution in [2.75, 3.05) is 5.32 Å². The standard InChI is InChI=1S/C20H18N4O3S/c1-11-8-17(23-27-11)22-18(25)12(2)28-20-21-16-10-14-7-5-4-6-13(14)9-15(16)19(26)24(20)3/h4-10,12H,1-3H3,(H,22,23,25)/t12-/m1/s1. The first-order chi connectivity index (χ1) is 13.4. The Hall–Kier alpha value is -3.13. The molecular formula is C20H18N4O3S. The Balaban J connectivity index is 1.66. The Kier molecular flexibility index (Phi) is 4.64. The third kappa shape index (κ3) is 3.38. The zero-order chi connectivity index (χ0) is 19.8. The lowest BCUT2D eigenvalue weighted by Gasteiger charge is -2.13. The van der Waals surface area contributed by atoms with Gasteiger partial charge in [-0.1, -0.05) is 41.2 Å². The smallest absolute Gasteiger partial charge is 0.261 e. The fraction of sp³-hybridized carbons (Fsp3) is 0.200. The van der Waals surface area contributed by atoms with E-state index in [0.717, 1.165) is 10.8 Å². The summed E-state index contributed by atoms with van der Waals surface area (Å²) in [6, 6.07) is 13.2. The largest absolute Gasteiger partial charge is 0.360 e. The fourth-order valence-corrected chi connectivity index (χ4v) is 3.78. The van der Waals surface area contributed by atoms with Gasteiger partial charge in [-0.25, -0.2) is 4.98 Å². The van der Waals surface area contributed by atoms with Gasteiger partial charge < -0.3 is 9.84 Å². The summed E-state index contributed by atoms with van der Waals surface area (Å²) in [6.07, 6.45) is 0. The number of carbonyl (C=O) groups excluding carboxylic acids is 1. The summed E-state index contributed by atoms with van der Waals surface area (Å²) in [4.78, 5) is 29.9. The average molecular weight is 394 g/mol. The monoisotopic (exact) mass is 394 g/mol. The molecule has 0 aliphatic rings. The van der Waals surface area contributed by atoms with E-state index in [1.165, 1.54) is 16.3 Å². The van der Waals surface area contributed by atoms with Crippen molar-refractivity contribution in [1.29, 1.82) is 0 Å². The summed E-state index contributed by atoms with van der Waals surface area (Å²) >= 11 is 1.22. The molecule has 4 rings (SSSR count). The summed E-state index contributed by atoms with van der Waals surface area (Å²) in [5, 5.41) is 9.02. The van der Waals surface area contributed by atoms with E-state index in [1.807, 2.05) is 36.4 Å². The maximum Gasteiger partial charge on any atom is 0.261 e. The molecule has 0 unspecified atom stereocenters. The first kappa shape index (κ1) is 18.2. The van der Waals surface area contributed by atoms with Gasteiger partial charge in [0.05, 0.1) is 16.2 Å². The molecular weight excluding hydrogens is 376 g/mol. The second-order valence-electron chi connectivity index (χ2n) is 6.55. The molecule has 1 atom stereocenters. The zero-order valence-corrected chi connectivity index (χ0v) is 16.4. The molecule has 0 spiro atoms. The van der Waals surface area contributed by atoms with E-state index in [0.29, 0.717) is 27.6 Å². The molecule has 4 aromatic rings. The number of nitrogens with zero attached hydrogens (tertiary/aromatic N) is 3. The normalized spacial score (nSPS) is 12.4. The maximum atomic E-state index is 12.8. The van der Waals surface area contributed by atoms with Crippen LogP contribution >= 0.6 is 11.8 Å². The molecule has 8 heteroatoms. The topological polar surface area (TPSA) is 90.0 Å². The van der Waals surface area contributed by atoms with E-state index in [1.54, 1.807) is 27.0 Å². The van der Waals surface area contributed by atoms with Crippen LogP contribution in [0.3, 0.4) is 0 Å². The Morgan fingerprint density at radius 1 is 1.21 bits per heavy atom. The van der Waals surface area contributed by atoms with Crippen molar-refractivity contribution in [3.63, 3.8) is 0 Å². The van der Waals surface area contributed by atoms with E-state index in [4.69, 9.17) is 4.52 Å². The molecule has 1 N–H and O–H groups in total. The van der Waals surface area contributed by atoms with Crippen molar-refractivity contribution >= 4 is 45.2 Å². The van der Waals surface area contributed by atoms with Crippen LogP contribution in [0.25, 0.3) is 21.7 Å². The van der Waals surface area contributed by atoms with Gasteiger partial charge in [0.1, 0.15) is 5.76 Å². The predicted octanol–water partition coefficient (Wildman–Crippen LogP) is 3.50. The number of thioether (sulfide) groups is 1. The van der Waals surface area contributed by atoms with Gasteiger partial charge in [-0.15, -0.1) is 0 Å². The van der Waals surface area contributed by atoms with Gasteiger partial charge >= 0.3 is 0 Å². The molecule has 0 aliphatic heterocycles. The van der Waals surface area contributed by atoms with E-state index in [9.17, 15) is 9.59 Å². The number of rotatable bonds is 4. The number of hydrogen-bond acceptors (Lipinski definition) is 6. The summed E-state index contributed by atoms with van der Waals surface area (Å²) in [6.45, 7) is 3.50. The van der Waals surface area contributed by atoms with Crippen molar-refractivity contribution < 1.29 is 9.32 Å². The highest BCUT2D eigenvalue weighted by Crippen LogP contribution is 2.25. The van der Waals surface area contributed by atoms with Crippen molar-refractivity contribution in [1.82, 2.24) is 14.7 Å². The highest BCUT2D eigenvalue weighted by atomic mass is 32.2. The van der Waals surface area contributed by atoms with Gasteiger partial charge in [-0.05, 0) is 36.8 Å². The molecule has 2 aromatic carbocycles. The molecule has 0 aliphatic carbocycles. The van der Waals surface area contributed by atoms with E-state index in [-0.39, 0.29) is 11.5 Å². The number of benzene rings is 2. The summed E-state index contributed by atoms with van der Waals surface area (Å²) in [5.74, 6) is 0.731. The number of nitrogens with one attached hydrogen (secondary N) is 1. The highest BCUT2D eigenvalue weighted by Gasteiger charge is 2.19. The lowest BCUT2D eigenvalue weighted by atomic mass is 10.1. The number of fused-ring (bicyclic) bond motifs is 2. The number of hydrogen-bond donors (Lipinski definition) is 1. The second kappa shape index (κ2) is 7.12.